The van der Waals surface area contributed by atoms with Crippen molar-refractivity contribution in [3.63, 3.8) is 0 Å². The van der Waals surface area contributed by atoms with E-state index in [1.165, 1.54) is 22.3 Å². The first-order valence-electron chi connectivity index (χ1n) is 6.85. The highest BCUT2D eigenvalue weighted by atomic mass is 15.2. The van der Waals surface area contributed by atoms with Crippen LogP contribution in [0.3, 0.4) is 0 Å². The molecule has 0 radical (unpaired) electrons. The van der Waals surface area contributed by atoms with Gasteiger partial charge in [-0.05, 0) is 38.0 Å². The zero-order chi connectivity index (χ0) is 14.7. The van der Waals surface area contributed by atoms with Gasteiger partial charge in [0.15, 0.2) is 0 Å². The van der Waals surface area contributed by atoms with Crippen LogP contribution < -0.4 is 10.6 Å². The molecular weight excluding hydrogens is 248 g/mol. The van der Waals surface area contributed by atoms with E-state index in [-0.39, 0.29) is 0 Å². The summed E-state index contributed by atoms with van der Waals surface area (Å²) >= 11 is 0. The summed E-state index contributed by atoms with van der Waals surface area (Å²) in [6, 6.07) is 6.34. The number of aryl methyl sites for hydroxylation is 3. The summed E-state index contributed by atoms with van der Waals surface area (Å²) in [6.45, 7) is 7.70. The molecule has 0 saturated carbocycles. The molecule has 0 aliphatic rings. The van der Waals surface area contributed by atoms with Gasteiger partial charge in [-0.25, -0.2) is 9.97 Å². The third-order valence-electron chi connectivity index (χ3n) is 3.38. The predicted octanol–water partition coefficient (Wildman–Crippen LogP) is 2.46. The lowest BCUT2D eigenvalue weighted by Crippen LogP contribution is -2.26. The Balaban J connectivity index is 2.46. The lowest BCUT2D eigenvalue weighted by molar-refractivity contribution is 0.846. The molecule has 0 spiro atoms. The van der Waals surface area contributed by atoms with E-state index < -0.39 is 0 Å². The molecule has 0 unspecified atom stereocenters. The number of hydrogen-bond donors (Lipinski definition) is 1. The Labute approximate surface area is 120 Å². The second kappa shape index (κ2) is 6.01. The molecule has 1 aromatic heterocycles. The summed E-state index contributed by atoms with van der Waals surface area (Å²) in [5, 5.41) is 0. The maximum Gasteiger partial charge on any atom is 0.225 e. The van der Waals surface area contributed by atoms with Crippen LogP contribution in [0.15, 0.2) is 24.4 Å². The third-order valence-corrected chi connectivity index (χ3v) is 3.38. The van der Waals surface area contributed by atoms with Gasteiger partial charge in [-0.15, -0.1) is 0 Å². The van der Waals surface area contributed by atoms with Crippen molar-refractivity contribution in [3.8, 4) is 11.3 Å². The standard InChI is InChI=1S/C16H22N4/c1-11-9-12(2)15(13(3)10-11)14-5-7-18-16(19-14)20(4)8-6-17/h5,7,9-10H,6,8,17H2,1-4H3. The molecule has 106 valence electrons. The van der Waals surface area contributed by atoms with Crippen molar-refractivity contribution < 1.29 is 0 Å². The van der Waals surface area contributed by atoms with Gasteiger partial charge in [0, 0.05) is 31.9 Å². The Morgan fingerprint density at radius 1 is 1.15 bits per heavy atom. The van der Waals surface area contributed by atoms with Crippen LogP contribution in [0.2, 0.25) is 0 Å². The largest absolute Gasteiger partial charge is 0.343 e. The average molecular weight is 270 g/mol. The predicted molar refractivity (Wildman–Crippen MR) is 84.0 cm³/mol. The Bertz CT molecular complexity index is 584. The Hall–Kier alpha value is -1.94. The molecule has 0 aliphatic carbocycles. The van der Waals surface area contributed by atoms with E-state index in [4.69, 9.17) is 5.73 Å². The van der Waals surface area contributed by atoms with Crippen LogP contribution in [0.25, 0.3) is 11.3 Å². The molecule has 4 heteroatoms. The summed E-state index contributed by atoms with van der Waals surface area (Å²) in [6.07, 6.45) is 1.81. The van der Waals surface area contributed by atoms with Gasteiger partial charge in [-0.1, -0.05) is 17.7 Å². The van der Waals surface area contributed by atoms with Gasteiger partial charge in [0.1, 0.15) is 0 Å². The first-order valence-corrected chi connectivity index (χ1v) is 6.85. The van der Waals surface area contributed by atoms with E-state index in [1.54, 1.807) is 0 Å². The second-order valence-corrected chi connectivity index (χ2v) is 5.23. The van der Waals surface area contributed by atoms with E-state index in [2.05, 4.69) is 42.9 Å². The van der Waals surface area contributed by atoms with Crippen LogP contribution in [0.4, 0.5) is 5.95 Å². The molecule has 2 rings (SSSR count). The summed E-state index contributed by atoms with van der Waals surface area (Å²) in [5.41, 5.74) is 11.5. The topological polar surface area (TPSA) is 55.0 Å². The van der Waals surface area contributed by atoms with E-state index in [1.807, 2.05) is 24.2 Å². The lowest BCUT2D eigenvalue weighted by Gasteiger charge is -2.17. The number of rotatable bonds is 4. The second-order valence-electron chi connectivity index (χ2n) is 5.23. The minimum absolute atomic E-state index is 0.590. The SMILES string of the molecule is Cc1cc(C)c(-c2ccnc(N(C)CCN)n2)c(C)c1. The minimum Gasteiger partial charge on any atom is -0.343 e. The van der Waals surface area contributed by atoms with E-state index in [0.29, 0.717) is 12.5 Å². The van der Waals surface area contributed by atoms with Crippen molar-refractivity contribution in [2.75, 3.05) is 25.0 Å². The molecule has 0 atom stereocenters. The zero-order valence-corrected chi connectivity index (χ0v) is 12.6. The molecule has 2 aromatic rings. The number of likely N-dealkylation sites (N-methyl/N-ethyl adjacent to an activating group) is 1. The van der Waals surface area contributed by atoms with Gasteiger partial charge in [0.25, 0.3) is 0 Å². The smallest absolute Gasteiger partial charge is 0.225 e. The van der Waals surface area contributed by atoms with Crippen molar-refractivity contribution in [1.82, 2.24) is 9.97 Å². The molecule has 0 aliphatic heterocycles. The van der Waals surface area contributed by atoms with E-state index in [0.717, 1.165) is 12.2 Å². The number of anilines is 1. The van der Waals surface area contributed by atoms with E-state index in [9.17, 15) is 0 Å². The molecule has 20 heavy (non-hydrogen) atoms. The van der Waals surface area contributed by atoms with Gasteiger partial charge < -0.3 is 10.6 Å². The first kappa shape index (κ1) is 14.5. The number of benzene rings is 1. The van der Waals surface area contributed by atoms with Gasteiger partial charge in [-0.2, -0.15) is 0 Å². The van der Waals surface area contributed by atoms with Gasteiger partial charge >= 0.3 is 0 Å². The molecule has 0 saturated heterocycles. The monoisotopic (exact) mass is 270 g/mol. The Morgan fingerprint density at radius 3 is 2.40 bits per heavy atom. The number of nitrogens with zero attached hydrogens (tertiary/aromatic N) is 3. The van der Waals surface area contributed by atoms with Crippen molar-refractivity contribution in [2.24, 2.45) is 5.73 Å². The van der Waals surface area contributed by atoms with Crippen molar-refractivity contribution in [3.05, 3.63) is 41.1 Å². The molecule has 1 heterocycles. The summed E-state index contributed by atoms with van der Waals surface area (Å²) in [5.74, 6) is 0.715. The zero-order valence-electron chi connectivity index (χ0n) is 12.6. The number of hydrogen-bond acceptors (Lipinski definition) is 4. The summed E-state index contributed by atoms with van der Waals surface area (Å²) in [4.78, 5) is 11.0. The molecule has 4 nitrogen and oxygen atoms in total. The summed E-state index contributed by atoms with van der Waals surface area (Å²) < 4.78 is 0. The van der Waals surface area contributed by atoms with Crippen LogP contribution >= 0.6 is 0 Å². The van der Waals surface area contributed by atoms with Gasteiger partial charge in [0.2, 0.25) is 5.95 Å². The van der Waals surface area contributed by atoms with Crippen molar-refractivity contribution in [1.29, 1.82) is 0 Å². The Kier molecular flexibility index (Phi) is 4.35. The first-order chi connectivity index (χ1) is 9.52. The van der Waals surface area contributed by atoms with Crippen LogP contribution in [0.5, 0.6) is 0 Å². The molecule has 0 bridgehead atoms. The highest BCUT2D eigenvalue weighted by Gasteiger charge is 2.10. The van der Waals surface area contributed by atoms with Crippen LogP contribution in [0.1, 0.15) is 16.7 Å². The van der Waals surface area contributed by atoms with Crippen LogP contribution in [-0.4, -0.2) is 30.1 Å². The van der Waals surface area contributed by atoms with E-state index >= 15 is 0 Å². The third kappa shape index (κ3) is 2.96. The molecule has 0 fully saturated rings. The van der Waals surface area contributed by atoms with Crippen LogP contribution in [-0.2, 0) is 0 Å². The highest BCUT2D eigenvalue weighted by Crippen LogP contribution is 2.27. The molecule has 1 aromatic carbocycles. The average Bonchev–Trinajstić information content (AvgIpc) is 2.38. The van der Waals surface area contributed by atoms with Crippen molar-refractivity contribution in [2.45, 2.75) is 20.8 Å². The summed E-state index contributed by atoms with van der Waals surface area (Å²) in [7, 11) is 1.96. The maximum atomic E-state index is 5.58. The number of nitrogens with two attached hydrogens (primary N) is 1. The quantitative estimate of drug-likeness (QED) is 0.927. The van der Waals surface area contributed by atoms with Crippen molar-refractivity contribution >= 4 is 5.95 Å². The van der Waals surface area contributed by atoms with Crippen LogP contribution in [0, 0.1) is 20.8 Å². The number of aromatic nitrogens is 2. The fraction of sp³-hybridized carbons (Fsp3) is 0.375. The Morgan fingerprint density at radius 2 is 1.80 bits per heavy atom. The fourth-order valence-electron chi connectivity index (χ4n) is 2.55. The van der Waals surface area contributed by atoms with Gasteiger partial charge in [0.05, 0.1) is 5.69 Å². The van der Waals surface area contributed by atoms with Gasteiger partial charge in [-0.3, -0.25) is 0 Å². The highest BCUT2D eigenvalue weighted by molar-refractivity contribution is 5.68. The molecule has 0 amide bonds. The lowest BCUT2D eigenvalue weighted by atomic mass is 9.97. The normalized spacial score (nSPS) is 10.7. The fourth-order valence-corrected chi connectivity index (χ4v) is 2.55. The molecule has 2 N–H and O–H groups in total. The minimum atomic E-state index is 0.590. The molecular formula is C16H22N4. The maximum absolute atomic E-state index is 5.58.